The second-order valence-corrected chi connectivity index (χ2v) is 1.73. The van der Waals surface area contributed by atoms with E-state index in [-0.39, 0.29) is 0 Å². The highest BCUT2D eigenvalue weighted by Gasteiger charge is 2.05. The summed E-state index contributed by atoms with van der Waals surface area (Å²) in [7, 11) is 0. The van der Waals surface area contributed by atoms with Crippen molar-refractivity contribution in [3.8, 4) is 0 Å². The smallest absolute Gasteiger partial charge is 0.0673 e. The Balaban J connectivity index is 3.34. The summed E-state index contributed by atoms with van der Waals surface area (Å²) in [5.74, 6) is 0. The Bertz CT molecular complexity index is 61.0. The highest BCUT2D eigenvalue weighted by Crippen LogP contribution is 1.93. The van der Waals surface area contributed by atoms with E-state index in [0.29, 0.717) is 6.42 Å². The van der Waals surface area contributed by atoms with Gasteiger partial charge in [0.25, 0.3) is 0 Å². The second-order valence-electron chi connectivity index (χ2n) is 1.73. The van der Waals surface area contributed by atoms with Gasteiger partial charge < -0.3 is 11.5 Å². The van der Waals surface area contributed by atoms with Crippen LogP contribution < -0.4 is 11.5 Å². The van der Waals surface area contributed by atoms with Gasteiger partial charge in [-0.05, 0) is 13.3 Å². The summed E-state index contributed by atoms with van der Waals surface area (Å²) < 4.78 is 0. The fourth-order valence-corrected chi connectivity index (χ4v) is 0.269. The molecule has 41 valence electrons. The highest BCUT2D eigenvalue weighted by molar-refractivity contribution is 4.87. The standard InChI is InChI=1S/C5H11N2/c1-3-4-5(2,6)7/h3H,1-2,4,6-7H2. The first kappa shape index (κ1) is 6.66. The fourth-order valence-electron chi connectivity index (χ4n) is 0.269. The van der Waals surface area contributed by atoms with Crippen LogP contribution in [0.2, 0.25) is 0 Å². The van der Waals surface area contributed by atoms with Gasteiger partial charge in [0.2, 0.25) is 0 Å². The molecule has 4 N–H and O–H groups in total. The molecular weight excluding hydrogens is 88.1 g/mol. The van der Waals surface area contributed by atoms with Crippen LogP contribution in [0.3, 0.4) is 0 Å². The summed E-state index contributed by atoms with van der Waals surface area (Å²) in [5, 5.41) is 0. The quantitative estimate of drug-likeness (QED) is 0.378. The molecule has 0 fully saturated rings. The van der Waals surface area contributed by atoms with E-state index in [1.54, 1.807) is 6.08 Å². The first-order valence-electron chi connectivity index (χ1n) is 2.10. The van der Waals surface area contributed by atoms with Crippen molar-refractivity contribution in [3.05, 3.63) is 19.6 Å². The van der Waals surface area contributed by atoms with Gasteiger partial charge in [-0.15, -0.1) is 6.58 Å². The van der Waals surface area contributed by atoms with Gasteiger partial charge in [-0.1, -0.05) is 6.08 Å². The van der Waals surface area contributed by atoms with Crippen molar-refractivity contribution in [1.29, 1.82) is 0 Å². The molecule has 0 saturated heterocycles. The van der Waals surface area contributed by atoms with Crippen LogP contribution in [0, 0.1) is 6.92 Å². The Labute approximate surface area is 44.2 Å². The van der Waals surface area contributed by atoms with Crippen LogP contribution in [0.4, 0.5) is 0 Å². The topological polar surface area (TPSA) is 52.0 Å². The number of hydrogen-bond donors (Lipinski definition) is 2. The summed E-state index contributed by atoms with van der Waals surface area (Å²) >= 11 is 0. The van der Waals surface area contributed by atoms with Gasteiger partial charge in [-0.25, -0.2) is 0 Å². The molecule has 0 aromatic heterocycles. The molecule has 2 nitrogen and oxygen atoms in total. The molecule has 0 spiro atoms. The largest absolute Gasteiger partial charge is 0.313 e. The minimum Gasteiger partial charge on any atom is -0.313 e. The predicted octanol–water partition coefficient (Wildman–Crippen LogP) is 0.0103. The third-order valence-corrected chi connectivity index (χ3v) is 0.524. The number of hydrogen-bond acceptors (Lipinski definition) is 2. The van der Waals surface area contributed by atoms with Crippen LogP contribution in [0.5, 0.6) is 0 Å². The van der Waals surface area contributed by atoms with Crippen molar-refractivity contribution in [2.75, 3.05) is 0 Å². The van der Waals surface area contributed by atoms with E-state index < -0.39 is 5.66 Å². The van der Waals surface area contributed by atoms with Crippen molar-refractivity contribution in [2.24, 2.45) is 11.5 Å². The lowest BCUT2D eigenvalue weighted by Crippen LogP contribution is -2.45. The van der Waals surface area contributed by atoms with Gasteiger partial charge in [0.05, 0.1) is 5.66 Å². The van der Waals surface area contributed by atoms with Crippen LogP contribution in [0.15, 0.2) is 12.7 Å². The first-order valence-corrected chi connectivity index (χ1v) is 2.10. The summed E-state index contributed by atoms with van der Waals surface area (Å²) in [6.45, 7) is 6.89. The average molecular weight is 99.2 g/mol. The molecule has 0 unspecified atom stereocenters. The molecule has 0 aliphatic rings. The van der Waals surface area contributed by atoms with Crippen molar-refractivity contribution >= 4 is 0 Å². The van der Waals surface area contributed by atoms with Crippen LogP contribution >= 0.6 is 0 Å². The number of nitrogens with two attached hydrogens (primary N) is 2. The fraction of sp³-hybridized carbons (Fsp3) is 0.400. The van der Waals surface area contributed by atoms with Crippen LogP contribution in [-0.2, 0) is 0 Å². The third kappa shape index (κ3) is 5.66. The molecule has 0 atom stereocenters. The van der Waals surface area contributed by atoms with E-state index in [9.17, 15) is 0 Å². The third-order valence-electron chi connectivity index (χ3n) is 0.524. The zero-order valence-corrected chi connectivity index (χ0v) is 4.35. The maximum Gasteiger partial charge on any atom is 0.0673 e. The lowest BCUT2D eigenvalue weighted by Gasteiger charge is -2.13. The summed E-state index contributed by atoms with van der Waals surface area (Å²) in [5.41, 5.74) is 9.67. The van der Waals surface area contributed by atoms with E-state index in [1.165, 1.54) is 0 Å². The summed E-state index contributed by atoms with van der Waals surface area (Å²) in [6.07, 6.45) is 2.19. The maximum absolute atomic E-state index is 5.24. The van der Waals surface area contributed by atoms with Gasteiger partial charge in [-0.3, -0.25) is 0 Å². The molecule has 0 aliphatic heterocycles. The van der Waals surface area contributed by atoms with Crippen molar-refractivity contribution in [1.82, 2.24) is 0 Å². The molecule has 7 heavy (non-hydrogen) atoms. The van der Waals surface area contributed by atoms with Gasteiger partial charge >= 0.3 is 0 Å². The lowest BCUT2D eigenvalue weighted by molar-refractivity contribution is 0.558. The SMILES string of the molecule is [CH2]C(N)(N)CC=C. The van der Waals surface area contributed by atoms with Crippen LogP contribution in [-0.4, -0.2) is 5.66 Å². The summed E-state index contributed by atoms with van der Waals surface area (Å²) in [6, 6.07) is 0. The Morgan fingerprint density at radius 3 is 2.00 bits per heavy atom. The van der Waals surface area contributed by atoms with Crippen LogP contribution in [0.1, 0.15) is 6.42 Å². The molecule has 0 aliphatic carbocycles. The van der Waals surface area contributed by atoms with E-state index in [2.05, 4.69) is 13.5 Å². The van der Waals surface area contributed by atoms with E-state index >= 15 is 0 Å². The van der Waals surface area contributed by atoms with Gasteiger partial charge in [-0.2, -0.15) is 0 Å². The number of rotatable bonds is 2. The van der Waals surface area contributed by atoms with Gasteiger partial charge in [0, 0.05) is 0 Å². The van der Waals surface area contributed by atoms with Crippen LogP contribution in [0.25, 0.3) is 0 Å². The zero-order valence-electron chi connectivity index (χ0n) is 4.35. The molecule has 0 heterocycles. The Kier molecular flexibility index (Phi) is 1.99. The molecule has 0 amide bonds. The molecule has 0 aromatic rings. The molecule has 0 rings (SSSR count). The monoisotopic (exact) mass is 99.1 g/mol. The molecule has 1 radical (unpaired) electrons. The second kappa shape index (κ2) is 2.09. The Morgan fingerprint density at radius 1 is 1.57 bits per heavy atom. The summed E-state index contributed by atoms with van der Waals surface area (Å²) in [4.78, 5) is 0. The van der Waals surface area contributed by atoms with Gasteiger partial charge in [0.15, 0.2) is 0 Å². The molecule has 0 bridgehead atoms. The maximum atomic E-state index is 5.24. The van der Waals surface area contributed by atoms with E-state index in [1.807, 2.05) is 0 Å². The van der Waals surface area contributed by atoms with Crippen molar-refractivity contribution in [3.63, 3.8) is 0 Å². The Morgan fingerprint density at radius 2 is 2.00 bits per heavy atom. The van der Waals surface area contributed by atoms with Crippen molar-refractivity contribution in [2.45, 2.75) is 12.1 Å². The Hall–Kier alpha value is -0.340. The minimum atomic E-state index is -0.818. The first-order chi connectivity index (χ1) is 3.06. The highest BCUT2D eigenvalue weighted by atomic mass is 14.9. The molecule has 2 heteroatoms. The minimum absolute atomic E-state index is 0.549. The van der Waals surface area contributed by atoms with Crippen molar-refractivity contribution < 1.29 is 0 Å². The molecular formula is C5H11N2. The van der Waals surface area contributed by atoms with E-state index in [4.69, 9.17) is 11.5 Å². The van der Waals surface area contributed by atoms with E-state index in [0.717, 1.165) is 0 Å². The molecule has 0 aromatic carbocycles. The average Bonchev–Trinajstić information content (AvgIpc) is 1.30. The lowest BCUT2D eigenvalue weighted by atomic mass is 10.1. The van der Waals surface area contributed by atoms with Gasteiger partial charge in [0.1, 0.15) is 0 Å². The zero-order chi connectivity index (χ0) is 5.91. The predicted molar refractivity (Wildman–Crippen MR) is 31.3 cm³/mol. The molecule has 0 saturated carbocycles. The normalized spacial score (nSPS) is 11.3.